The highest BCUT2D eigenvalue weighted by Gasteiger charge is 2.28. The summed E-state index contributed by atoms with van der Waals surface area (Å²) in [5.41, 5.74) is 1.35. The summed E-state index contributed by atoms with van der Waals surface area (Å²) in [6.07, 6.45) is 5.09. The van der Waals surface area contributed by atoms with Crippen molar-refractivity contribution < 1.29 is 4.79 Å². The summed E-state index contributed by atoms with van der Waals surface area (Å²) in [7, 11) is 0. The molecule has 0 bridgehead atoms. The number of rotatable bonds is 8. The number of amides is 1. The van der Waals surface area contributed by atoms with Crippen molar-refractivity contribution in [3.05, 3.63) is 69.7 Å². The third-order valence-electron chi connectivity index (χ3n) is 6.72. The van der Waals surface area contributed by atoms with Crippen LogP contribution in [0.2, 0.25) is 5.02 Å². The largest absolute Gasteiger partial charge is 0.340 e. The van der Waals surface area contributed by atoms with Crippen molar-refractivity contribution in [2.75, 3.05) is 26.2 Å². The fourth-order valence-electron chi connectivity index (χ4n) is 4.65. The lowest BCUT2D eigenvalue weighted by Gasteiger charge is -2.38. The van der Waals surface area contributed by atoms with E-state index in [-0.39, 0.29) is 17.5 Å². The number of halogens is 1. The van der Waals surface area contributed by atoms with Gasteiger partial charge in [0, 0.05) is 37.6 Å². The monoisotopic (exact) mass is 480 g/mol. The second kappa shape index (κ2) is 11.2. The molecule has 0 radical (unpaired) electrons. The summed E-state index contributed by atoms with van der Waals surface area (Å²) in [5, 5.41) is 1.21. The van der Waals surface area contributed by atoms with Gasteiger partial charge in [0.1, 0.15) is 5.82 Å². The zero-order valence-corrected chi connectivity index (χ0v) is 20.8. The van der Waals surface area contributed by atoms with Gasteiger partial charge in [-0.1, -0.05) is 49.9 Å². The standard InChI is InChI=1S/C27H33ClN4O2/c1-3-4-5-6-11-25(33)31-18-16-30(17-19-31)20(2)26-29-24-10-8-7-9-23(24)27(34)32(26)22-14-12-21(28)13-15-22/h7-10,12-15,20H,3-6,11,16-19H2,1-2H3. The van der Waals surface area contributed by atoms with Gasteiger partial charge in [-0.25, -0.2) is 4.98 Å². The number of carbonyl (C=O) groups excluding carboxylic acids is 1. The predicted molar refractivity (Wildman–Crippen MR) is 138 cm³/mol. The highest BCUT2D eigenvalue weighted by Crippen LogP contribution is 2.24. The first-order chi connectivity index (χ1) is 16.5. The van der Waals surface area contributed by atoms with E-state index in [0.29, 0.717) is 41.3 Å². The Morgan fingerprint density at radius 2 is 1.71 bits per heavy atom. The molecule has 1 aliphatic rings. The van der Waals surface area contributed by atoms with Crippen molar-refractivity contribution in [1.29, 1.82) is 0 Å². The van der Waals surface area contributed by atoms with Crippen LogP contribution in [0.15, 0.2) is 53.3 Å². The van der Waals surface area contributed by atoms with Crippen molar-refractivity contribution in [3.63, 3.8) is 0 Å². The number of hydrogen-bond donors (Lipinski definition) is 0. The van der Waals surface area contributed by atoms with E-state index in [1.165, 1.54) is 12.8 Å². The van der Waals surface area contributed by atoms with E-state index in [1.54, 1.807) is 16.7 Å². The van der Waals surface area contributed by atoms with Crippen molar-refractivity contribution >= 4 is 28.4 Å². The van der Waals surface area contributed by atoms with E-state index in [4.69, 9.17) is 16.6 Å². The average molecular weight is 481 g/mol. The topological polar surface area (TPSA) is 58.4 Å². The molecule has 2 aromatic carbocycles. The first kappa shape index (κ1) is 24.4. The summed E-state index contributed by atoms with van der Waals surface area (Å²) >= 11 is 6.10. The lowest BCUT2D eigenvalue weighted by molar-refractivity contribution is -0.133. The van der Waals surface area contributed by atoms with Crippen LogP contribution in [-0.4, -0.2) is 51.4 Å². The fraction of sp³-hybridized carbons (Fsp3) is 0.444. The minimum atomic E-state index is -0.0882. The molecule has 1 aliphatic heterocycles. The van der Waals surface area contributed by atoms with Crippen LogP contribution >= 0.6 is 11.6 Å². The number of benzene rings is 2. The molecule has 1 atom stereocenters. The average Bonchev–Trinajstić information content (AvgIpc) is 2.87. The third-order valence-corrected chi connectivity index (χ3v) is 6.97. The maximum atomic E-state index is 13.5. The third kappa shape index (κ3) is 5.34. The van der Waals surface area contributed by atoms with Crippen molar-refractivity contribution in [3.8, 4) is 5.69 Å². The molecule has 0 aliphatic carbocycles. The zero-order valence-electron chi connectivity index (χ0n) is 20.0. The fourth-order valence-corrected chi connectivity index (χ4v) is 4.78. The molecule has 4 rings (SSSR count). The molecule has 1 amide bonds. The Hall–Kier alpha value is -2.70. The summed E-state index contributed by atoms with van der Waals surface area (Å²) < 4.78 is 1.70. The second-order valence-corrected chi connectivity index (χ2v) is 9.44. The van der Waals surface area contributed by atoms with E-state index in [2.05, 4.69) is 18.7 Å². The number of piperazine rings is 1. The second-order valence-electron chi connectivity index (χ2n) is 9.01. The number of carbonyl (C=O) groups is 1. The summed E-state index contributed by atoms with van der Waals surface area (Å²) in [6.45, 7) is 7.19. The number of fused-ring (bicyclic) bond motifs is 1. The van der Waals surface area contributed by atoms with Gasteiger partial charge < -0.3 is 4.90 Å². The molecule has 0 spiro atoms. The molecule has 0 N–H and O–H groups in total. The molecule has 1 fully saturated rings. The summed E-state index contributed by atoms with van der Waals surface area (Å²) in [6, 6.07) is 14.7. The first-order valence-corrected chi connectivity index (χ1v) is 12.7. The lowest BCUT2D eigenvalue weighted by Crippen LogP contribution is -2.49. The Morgan fingerprint density at radius 3 is 2.41 bits per heavy atom. The lowest BCUT2D eigenvalue weighted by atomic mass is 10.1. The number of unbranched alkanes of at least 4 members (excludes halogenated alkanes) is 3. The maximum Gasteiger partial charge on any atom is 0.266 e. The highest BCUT2D eigenvalue weighted by molar-refractivity contribution is 6.30. The predicted octanol–water partition coefficient (Wildman–Crippen LogP) is 5.21. The van der Waals surface area contributed by atoms with Gasteiger partial charge >= 0.3 is 0 Å². The van der Waals surface area contributed by atoms with Crippen LogP contribution < -0.4 is 5.56 Å². The van der Waals surface area contributed by atoms with Crippen LogP contribution in [-0.2, 0) is 4.79 Å². The van der Waals surface area contributed by atoms with Crippen LogP contribution in [0.5, 0.6) is 0 Å². The van der Waals surface area contributed by atoms with Crippen LogP contribution in [0.3, 0.4) is 0 Å². The highest BCUT2D eigenvalue weighted by atomic mass is 35.5. The smallest absolute Gasteiger partial charge is 0.266 e. The Kier molecular flexibility index (Phi) is 8.01. The molecule has 6 nitrogen and oxygen atoms in total. The van der Waals surface area contributed by atoms with Gasteiger partial charge in [-0.3, -0.25) is 19.1 Å². The van der Waals surface area contributed by atoms with Crippen LogP contribution in [0, 0.1) is 0 Å². The minimum absolute atomic E-state index is 0.0873. The van der Waals surface area contributed by atoms with Gasteiger partial charge in [0.25, 0.3) is 5.56 Å². The van der Waals surface area contributed by atoms with Crippen LogP contribution in [0.1, 0.15) is 57.8 Å². The normalized spacial score (nSPS) is 15.6. The van der Waals surface area contributed by atoms with Gasteiger partial charge in [0.15, 0.2) is 0 Å². The van der Waals surface area contributed by atoms with E-state index in [9.17, 15) is 9.59 Å². The van der Waals surface area contributed by atoms with Gasteiger partial charge in [-0.2, -0.15) is 0 Å². The van der Waals surface area contributed by atoms with Gasteiger partial charge in [0.2, 0.25) is 5.91 Å². The molecule has 1 unspecified atom stereocenters. The Balaban J connectivity index is 1.56. The number of aromatic nitrogens is 2. The van der Waals surface area contributed by atoms with E-state index >= 15 is 0 Å². The molecular weight excluding hydrogens is 448 g/mol. The SMILES string of the molecule is CCCCCCC(=O)N1CCN(C(C)c2nc3ccccc3c(=O)n2-c2ccc(Cl)cc2)CC1. The van der Waals surface area contributed by atoms with E-state index in [0.717, 1.165) is 31.6 Å². The molecule has 0 saturated carbocycles. The summed E-state index contributed by atoms with van der Waals surface area (Å²) in [4.78, 5) is 35.4. The van der Waals surface area contributed by atoms with E-state index in [1.807, 2.05) is 41.3 Å². The van der Waals surface area contributed by atoms with Crippen LogP contribution in [0.4, 0.5) is 0 Å². The molecule has 3 aromatic rings. The van der Waals surface area contributed by atoms with Gasteiger partial charge in [0.05, 0.1) is 22.6 Å². The number of para-hydroxylation sites is 1. The molecule has 7 heteroatoms. The Morgan fingerprint density at radius 1 is 1.00 bits per heavy atom. The van der Waals surface area contributed by atoms with Gasteiger partial charge in [-0.15, -0.1) is 0 Å². The molecule has 34 heavy (non-hydrogen) atoms. The first-order valence-electron chi connectivity index (χ1n) is 12.3. The van der Waals surface area contributed by atoms with Crippen molar-refractivity contribution in [1.82, 2.24) is 19.4 Å². The quantitative estimate of drug-likeness (QED) is 0.415. The molecule has 2 heterocycles. The molecule has 1 aromatic heterocycles. The Labute approximate surface area is 206 Å². The van der Waals surface area contributed by atoms with Crippen molar-refractivity contribution in [2.24, 2.45) is 0 Å². The van der Waals surface area contributed by atoms with Gasteiger partial charge in [-0.05, 0) is 49.7 Å². The maximum absolute atomic E-state index is 13.5. The van der Waals surface area contributed by atoms with E-state index < -0.39 is 0 Å². The minimum Gasteiger partial charge on any atom is -0.340 e. The molecule has 1 saturated heterocycles. The van der Waals surface area contributed by atoms with Crippen molar-refractivity contribution in [2.45, 2.75) is 52.0 Å². The Bertz CT molecular complexity index is 1180. The number of nitrogens with zero attached hydrogens (tertiary/aromatic N) is 4. The van der Waals surface area contributed by atoms with Crippen LogP contribution in [0.25, 0.3) is 16.6 Å². The summed E-state index contributed by atoms with van der Waals surface area (Å²) in [5.74, 6) is 0.954. The zero-order chi connectivity index (χ0) is 24.1. The number of hydrogen-bond acceptors (Lipinski definition) is 4. The molecular formula is C27H33ClN4O2. The molecule has 180 valence electrons.